The van der Waals surface area contributed by atoms with Crippen LogP contribution in [0.25, 0.3) is 0 Å². The summed E-state index contributed by atoms with van der Waals surface area (Å²) in [4.78, 5) is 0. The van der Waals surface area contributed by atoms with E-state index in [9.17, 15) is 0 Å². The highest BCUT2D eigenvalue weighted by molar-refractivity contribution is 9.10. The second kappa shape index (κ2) is 7.58. The lowest BCUT2D eigenvalue weighted by molar-refractivity contribution is -0.114. The maximum Gasteiger partial charge on any atom is 0.128 e. The maximum absolute atomic E-state index is 6.12. The molecule has 1 aromatic rings. The summed E-state index contributed by atoms with van der Waals surface area (Å²) in [5, 5.41) is 3.27. The molecule has 0 heterocycles. The van der Waals surface area contributed by atoms with Crippen LogP contribution in [0.1, 0.15) is 17.5 Å². The Morgan fingerprint density at radius 3 is 2.48 bits per heavy atom. The summed E-state index contributed by atoms with van der Waals surface area (Å²) in [5.41, 5.74) is 2.37. The van der Waals surface area contributed by atoms with Gasteiger partial charge in [0.1, 0.15) is 18.0 Å². The molecule has 1 saturated carbocycles. The van der Waals surface area contributed by atoms with Gasteiger partial charge in [0.05, 0.1) is 13.2 Å². The van der Waals surface area contributed by atoms with E-state index in [1.54, 1.807) is 7.11 Å². The van der Waals surface area contributed by atoms with Crippen LogP contribution in [0, 0.1) is 13.8 Å². The van der Waals surface area contributed by atoms with Crippen LogP contribution in [-0.2, 0) is 9.47 Å². The van der Waals surface area contributed by atoms with E-state index in [1.807, 2.05) is 7.05 Å². The molecule has 0 radical (unpaired) electrons. The topological polar surface area (TPSA) is 39.7 Å². The first-order valence-corrected chi connectivity index (χ1v) is 8.07. The molecule has 4 nitrogen and oxygen atoms in total. The maximum atomic E-state index is 6.12. The van der Waals surface area contributed by atoms with Gasteiger partial charge in [0.2, 0.25) is 0 Å². The molecule has 21 heavy (non-hydrogen) atoms. The van der Waals surface area contributed by atoms with Crippen molar-refractivity contribution >= 4 is 15.9 Å². The average Bonchev–Trinajstić information content (AvgIpc) is 2.44. The van der Waals surface area contributed by atoms with Crippen molar-refractivity contribution < 1.29 is 14.2 Å². The Balaban J connectivity index is 1.98. The zero-order valence-electron chi connectivity index (χ0n) is 13.1. The Labute approximate surface area is 135 Å². The highest BCUT2D eigenvalue weighted by Gasteiger charge is 2.43. The first kappa shape index (κ1) is 16.7. The molecular formula is C16H24BrNO3. The summed E-state index contributed by atoms with van der Waals surface area (Å²) in [6.07, 6.45) is 1.14. The van der Waals surface area contributed by atoms with E-state index in [2.05, 4.69) is 47.2 Å². The second-order valence-electron chi connectivity index (χ2n) is 5.49. The van der Waals surface area contributed by atoms with Crippen molar-refractivity contribution in [2.45, 2.75) is 38.5 Å². The van der Waals surface area contributed by atoms with Crippen LogP contribution in [0.3, 0.4) is 0 Å². The monoisotopic (exact) mass is 357 g/mol. The van der Waals surface area contributed by atoms with E-state index in [-0.39, 0.29) is 12.2 Å². The van der Waals surface area contributed by atoms with Crippen LogP contribution in [0.4, 0.5) is 0 Å². The van der Waals surface area contributed by atoms with E-state index in [4.69, 9.17) is 14.2 Å². The van der Waals surface area contributed by atoms with E-state index >= 15 is 0 Å². The number of ether oxygens (including phenoxy) is 3. The molecule has 0 bridgehead atoms. The van der Waals surface area contributed by atoms with Crippen LogP contribution in [-0.4, -0.2) is 45.6 Å². The molecule has 3 atom stereocenters. The molecule has 0 amide bonds. The third kappa shape index (κ3) is 3.97. The summed E-state index contributed by atoms with van der Waals surface area (Å²) >= 11 is 3.58. The van der Waals surface area contributed by atoms with Crippen molar-refractivity contribution in [3.63, 3.8) is 0 Å². The highest BCUT2D eigenvalue weighted by atomic mass is 79.9. The molecule has 5 heteroatoms. The zero-order chi connectivity index (χ0) is 15.4. The molecule has 0 spiro atoms. The lowest BCUT2D eigenvalue weighted by Gasteiger charge is -2.43. The van der Waals surface area contributed by atoms with Crippen molar-refractivity contribution in [1.29, 1.82) is 0 Å². The predicted molar refractivity (Wildman–Crippen MR) is 87.1 cm³/mol. The molecule has 0 saturated heterocycles. The molecule has 1 fully saturated rings. The number of aryl methyl sites for hydroxylation is 2. The average molecular weight is 358 g/mol. The van der Waals surface area contributed by atoms with Gasteiger partial charge in [-0.05, 0) is 44.2 Å². The Kier molecular flexibility index (Phi) is 6.05. The van der Waals surface area contributed by atoms with Gasteiger partial charge in [-0.25, -0.2) is 0 Å². The van der Waals surface area contributed by atoms with E-state index in [0.717, 1.165) is 16.6 Å². The summed E-state index contributed by atoms with van der Waals surface area (Å²) in [7, 11) is 3.64. The van der Waals surface area contributed by atoms with E-state index < -0.39 is 0 Å². The first-order chi connectivity index (χ1) is 10.1. The van der Waals surface area contributed by atoms with E-state index in [1.165, 1.54) is 11.1 Å². The fourth-order valence-corrected chi connectivity index (χ4v) is 2.85. The van der Waals surface area contributed by atoms with E-state index in [0.29, 0.717) is 19.3 Å². The molecule has 1 aliphatic carbocycles. The van der Waals surface area contributed by atoms with Crippen LogP contribution in [0.15, 0.2) is 16.6 Å². The number of methoxy groups -OCH3 is 1. The normalized spacial score (nSPS) is 24.7. The predicted octanol–water partition coefficient (Wildman–Crippen LogP) is 2.84. The zero-order valence-corrected chi connectivity index (χ0v) is 14.7. The summed E-state index contributed by atoms with van der Waals surface area (Å²) in [6, 6.07) is 4.48. The highest BCUT2D eigenvalue weighted by Crippen LogP contribution is 2.32. The smallest absolute Gasteiger partial charge is 0.128 e. The summed E-state index contributed by atoms with van der Waals surface area (Å²) < 4.78 is 18.2. The van der Waals surface area contributed by atoms with Gasteiger partial charge >= 0.3 is 0 Å². The van der Waals surface area contributed by atoms with Crippen LogP contribution in [0.2, 0.25) is 0 Å². The van der Waals surface area contributed by atoms with Gasteiger partial charge in [0, 0.05) is 24.0 Å². The van der Waals surface area contributed by atoms with Gasteiger partial charge in [0.15, 0.2) is 0 Å². The Morgan fingerprint density at radius 2 is 1.90 bits per heavy atom. The SMILES string of the molecule is CNC1CC(Oc2cc(C)c(Br)c(C)c2)C1OCCOC. The fourth-order valence-electron chi connectivity index (χ4n) is 2.62. The molecule has 2 rings (SSSR count). The quantitative estimate of drug-likeness (QED) is 0.761. The molecule has 1 aliphatic rings. The number of likely N-dealkylation sites (N-methyl/N-ethyl adjacent to an activating group) is 1. The van der Waals surface area contributed by atoms with Crippen molar-refractivity contribution in [3.8, 4) is 5.75 Å². The minimum Gasteiger partial charge on any atom is -0.488 e. The van der Waals surface area contributed by atoms with Crippen molar-refractivity contribution in [1.82, 2.24) is 5.32 Å². The number of hydrogen-bond acceptors (Lipinski definition) is 4. The Bertz CT molecular complexity index is 458. The fraction of sp³-hybridized carbons (Fsp3) is 0.625. The summed E-state index contributed by atoms with van der Waals surface area (Å²) in [5.74, 6) is 0.910. The summed E-state index contributed by atoms with van der Waals surface area (Å²) in [6.45, 7) is 5.36. The number of rotatable bonds is 7. The molecule has 1 aromatic carbocycles. The molecule has 1 N–H and O–H groups in total. The van der Waals surface area contributed by atoms with Crippen LogP contribution >= 0.6 is 15.9 Å². The van der Waals surface area contributed by atoms with Gasteiger partial charge in [-0.2, -0.15) is 0 Å². The molecule has 0 aromatic heterocycles. The standard InChI is InChI=1S/C16H24BrNO3/c1-10-7-12(8-11(2)15(10)17)21-14-9-13(18-3)16(14)20-6-5-19-4/h7-8,13-14,16,18H,5-6,9H2,1-4H3. The van der Waals surface area contributed by atoms with Crippen molar-refractivity contribution in [3.05, 3.63) is 27.7 Å². The first-order valence-electron chi connectivity index (χ1n) is 7.28. The van der Waals surface area contributed by atoms with Gasteiger partial charge in [-0.15, -0.1) is 0 Å². The van der Waals surface area contributed by atoms with Gasteiger partial charge in [0.25, 0.3) is 0 Å². The number of nitrogens with one attached hydrogen (secondary N) is 1. The lowest BCUT2D eigenvalue weighted by Crippen LogP contribution is -2.60. The van der Waals surface area contributed by atoms with Crippen LogP contribution < -0.4 is 10.1 Å². The molecular weight excluding hydrogens is 334 g/mol. The number of halogens is 1. The molecule has 3 unspecified atom stereocenters. The van der Waals surface area contributed by atoms with Gasteiger partial charge in [-0.3, -0.25) is 0 Å². The third-order valence-electron chi connectivity index (χ3n) is 3.92. The minimum atomic E-state index is 0.0782. The number of hydrogen-bond donors (Lipinski definition) is 1. The van der Waals surface area contributed by atoms with Crippen molar-refractivity contribution in [2.24, 2.45) is 0 Å². The van der Waals surface area contributed by atoms with Gasteiger partial charge < -0.3 is 19.5 Å². The Morgan fingerprint density at radius 1 is 1.24 bits per heavy atom. The third-order valence-corrected chi connectivity index (χ3v) is 5.17. The van der Waals surface area contributed by atoms with Crippen LogP contribution in [0.5, 0.6) is 5.75 Å². The Hall–Kier alpha value is -0.620. The molecule has 118 valence electrons. The lowest BCUT2D eigenvalue weighted by atomic mass is 9.85. The second-order valence-corrected chi connectivity index (χ2v) is 6.28. The van der Waals surface area contributed by atoms with Crippen molar-refractivity contribution in [2.75, 3.05) is 27.4 Å². The minimum absolute atomic E-state index is 0.0782. The molecule has 0 aliphatic heterocycles. The van der Waals surface area contributed by atoms with Gasteiger partial charge in [-0.1, -0.05) is 15.9 Å². The number of benzene rings is 1. The largest absolute Gasteiger partial charge is 0.488 e.